The van der Waals surface area contributed by atoms with Gasteiger partial charge in [-0.2, -0.15) is 72.8 Å². The van der Waals surface area contributed by atoms with E-state index in [1.54, 1.807) is 4.70 Å². The Morgan fingerprint density at radius 1 is 0.415 bits per heavy atom. The molecule has 1 aliphatic heterocycles. The minimum Gasteiger partial charge on any atom is -0.493 e. The molecule has 2 nitrogen and oxygen atoms in total. The van der Waals surface area contributed by atoms with Gasteiger partial charge in [0.25, 0.3) is 0 Å². The normalized spacial score (nSPS) is 12.4. The van der Waals surface area contributed by atoms with Crippen molar-refractivity contribution in [2.75, 3.05) is 0 Å². The molecule has 5 rings (SSSR count). The van der Waals surface area contributed by atoms with E-state index in [-0.39, 0.29) is 16.5 Å². The molecule has 4 aromatic carbocycles. The first-order valence-corrected chi connectivity index (χ1v) is 25.9. The van der Waals surface area contributed by atoms with E-state index >= 15 is 0 Å². The van der Waals surface area contributed by atoms with E-state index in [2.05, 4.69) is 114 Å². The van der Waals surface area contributed by atoms with Crippen molar-refractivity contribution >= 4 is 23.5 Å². The zero-order chi connectivity index (χ0) is 45.9. The quantitative estimate of drug-likeness (QED) is 0.0235. The molecule has 0 N–H and O–H groups in total. The largest absolute Gasteiger partial charge is 2.00 e. The summed E-state index contributed by atoms with van der Waals surface area (Å²) in [5, 5.41) is 0. The van der Waals surface area contributed by atoms with E-state index in [9.17, 15) is 5.53 Å². The first kappa shape index (κ1) is 57.1. The molecule has 1 heterocycles. The minimum absolute atomic E-state index is 0. The molecule has 0 atom stereocenters. The van der Waals surface area contributed by atoms with Gasteiger partial charge in [0.1, 0.15) is 0 Å². The fraction of sp³-hybridized carbons (Fsp3) is 0.484. The summed E-state index contributed by atoms with van der Waals surface area (Å²) in [6.07, 6.45) is 38.2. The van der Waals surface area contributed by atoms with E-state index in [1.165, 1.54) is 129 Å². The molecule has 354 valence electrons. The van der Waals surface area contributed by atoms with Gasteiger partial charge in [0.15, 0.2) is 0 Å². The van der Waals surface area contributed by atoms with Crippen molar-refractivity contribution in [3.63, 3.8) is 0 Å². The van der Waals surface area contributed by atoms with Crippen molar-refractivity contribution < 1.29 is 21.2 Å². The van der Waals surface area contributed by atoms with Crippen LogP contribution in [0, 0.1) is 12.1 Å². The molecular formula is C62H86N2Ni. The first-order chi connectivity index (χ1) is 31.5. The van der Waals surface area contributed by atoms with Gasteiger partial charge in [0, 0.05) is 22.3 Å². The first-order valence-electron chi connectivity index (χ1n) is 25.9. The van der Waals surface area contributed by atoms with E-state index in [4.69, 9.17) is 0 Å². The predicted molar refractivity (Wildman–Crippen MR) is 282 cm³/mol. The van der Waals surface area contributed by atoms with Crippen LogP contribution in [-0.2, 0) is 29.3 Å². The maximum atomic E-state index is 12.5. The van der Waals surface area contributed by atoms with Crippen molar-refractivity contribution in [2.45, 2.75) is 196 Å². The second kappa shape index (κ2) is 37.1. The van der Waals surface area contributed by atoms with Gasteiger partial charge < -0.3 is 5.53 Å². The predicted octanol–water partition coefficient (Wildman–Crippen LogP) is 19.6. The third-order valence-electron chi connectivity index (χ3n) is 11.9. The number of benzene rings is 4. The number of nitrogens with zero attached hydrogens (tertiary/aromatic N) is 2. The summed E-state index contributed by atoms with van der Waals surface area (Å²) in [6.45, 7) is 13.7. The van der Waals surface area contributed by atoms with E-state index in [0.29, 0.717) is 0 Å². The number of aryl methyl sites for hydroxylation is 2. The van der Waals surface area contributed by atoms with Gasteiger partial charge in [0.2, 0.25) is 11.4 Å². The molecule has 0 saturated carbocycles. The average molecular weight is 918 g/mol. The SMILES string of the molecule is CCCCCCCC=Cc1cc(C=CCCCCCCC)cc(C2=C(CCCC)C(CCCC)=C(c3cc(CCCC)cc(CCCC)c3)[N+]2=[N-])c1.[Ni+2].[c-]1ccccc1.[c-]1ccccc1. The fourth-order valence-electron chi connectivity index (χ4n) is 8.30. The number of hydrogen-bond donors (Lipinski definition) is 0. The van der Waals surface area contributed by atoms with Crippen molar-refractivity contribution in [3.8, 4) is 0 Å². The van der Waals surface area contributed by atoms with Crippen LogP contribution in [0.2, 0.25) is 0 Å². The standard InChI is InChI=1S/C50H76N2.2C6H5.Ni/c1-7-13-19-21-23-25-27-31-43-36-44(32-28-26-24-22-20-14-8-2)40-46(39-43)50-48(34-18-12-6)47(33-17-11-5)49(52(50)51)45-37-41(29-15-9-3)35-42(38-45)30-16-10-4;2*1-2-4-6-5-3-1;/h27-28,31-32,35-40H,7-26,29-30,33-34H2,1-6H3;2*1-5H;/q;2*-1;+2. The molecule has 4 aromatic rings. The molecular weight excluding hydrogens is 831 g/mol. The Hall–Kier alpha value is -4.07. The van der Waals surface area contributed by atoms with Gasteiger partial charge in [-0.15, -0.1) is 0 Å². The van der Waals surface area contributed by atoms with Crippen LogP contribution in [0.25, 0.3) is 29.1 Å². The monoisotopic (exact) mass is 917 g/mol. The van der Waals surface area contributed by atoms with Crippen LogP contribution in [-0.4, -0.2) is 4.70 Å². The molecule has 0 aromatic heterocycles. The molecule has 1 aliphatic rings. The van der Waals surface area contributed by atoms with Gasteiger partial charge in [-0.05, 0) is 130 Å². The zero-order valence-electron chi connectivity index (χ0n) is 41.7. The number of hydrogen-bond acceptors (Lipinski definition) is 0. The Balaban J connectivity index is 0.000000959. The Labute approximate surface area is 409 Å². The molecule has 0 aliphatic carbocycles. The smallest absolute Gasteiger partial charge is 0.493 e. The van der Waals surface area contributed by atoms with Crippen molar-refractivity contribution in [1.29, 1.82) is 0 Å². The summed E-state index contributed by atoms with van der Waals surface area (Å²) in [5.74, 6) is 0. The average Bonchev–Trinajstić information content (AvgIpc) is 3.62. The van der Waals surface area contributed by atoms with Crippen LogP contribution in [0.1, 0.15) is 216 Å². The van der Waals surface area contributed by atoms with E-state index in [1.807, 2.05) is 60.7 Å². The fourth-order valence-corrected chi connectivity index (χ4v) is 8.30. The maximum Gasteiger partial charge on any atom is 2.00 e. The van der Waals surface area contributed by atoms with Crippen molar-refractivity contribution in [1.82, 2.24) is 0 Å². The second-order valence-electron chi connectivity index (χ2n) is 17.7. The molecule has 0 saturated heterocycles. The molecule has 65 heavy (non-hydrogen) atoms. The van der Waals surface area contributed by atoms with Crippen molar-refractivity contribution in [3.05, 3.63) is 171 Å². The summed E-state index contributed by atoms with van der Waals surface area (Å²) in [4.78, 5) is 0. The molecule has 0 spiro atoms. The minimum atomic E-state index is 0. The Bertz CT molecular complexity index is 1800. The number of unbranched alkanes of at least 4 members (excludes halogenated alkanes) is 14. The van der Waals surface area contributed by atoms with Crippen LogP contribution >= 0.6 is 0 Å². The molecule has 0 fully saturated rings. The van der Waals surface area contributed by atoms with E-state index < -0.39 is 0 Å². The number of allylic oxidation sites excluding steroid dienone is 4. The van der Waals surface area contributed by atoms with Gasteiger partial charge >= 0.3 is 16.5 Å². The summed E-state index contributed by atoms with van der Waals surface area (Å²) in [6, 6.07) is 39.2. The summed E-state index contributed by atoms with van der Waals surface area (Å²) in [7, 11) is 0. The van der Waals surface area contributed by atoms with Crippen LogP contribution in [0.5, 0.6) is 0 Å². The third-order valence-corrected chi connectivity index (χ3v) is 11.9. The molecule has 0 radical (unpaired) electrons. The summed E-state index contributed by atoms with van der Waals surface area (Å²) in [5.41, 5.74) is 24.9. The van der Waals surface area contributed by atoms with Crippen LogP contribution in [0.4, 0.5) is 0 Å². The van der Waals surface area contributed by atoms with Crippen molar-refractivity contribution in [2.24, 2.45) is 0 Å². The van der Waals surface area contributed by atoms with Gasteiger partial charge in [-0.3, -0.25) is 0 Å². The molecule has 0 amide bonds. The van der Waals surface area contributed by atoms with Crippen LogP contribution in [0.3, 0.4) is 0 Å². The third kappa shape index (κ3) is 22.8. The second-order valence-corrected chi connectivity index (χ2v) is 17.7. The van der Waals surface area contributed by atoms with Crippen LogP contribution in [0.15, 0.2) is 120 Å². The zero-order valence-corrected chi connectivity index (χ0v) is 42.7. The molecule has 0 bridgehead atoms. The van der Waals surface area contributed by atoms with Gasteiger partial charge in [0.05, 0.1) is 0 Å². The van der Waals surface area contributed by atoms with E-state index in [0.717, 1.165) is 81.2 Å². The Morgan fingerprint density at radius 2 is 0.785 bits per heavy atom. The maximum absolute atomic E-state index is 12.5. The van der Waals surface area contributed by atoms with Gasteiger partial charge in [-0.25, -0.2) is 4.70 Å². The summed E-state index contributed by atoms with van der Waals surface area (Å²) < 4.78 is 1.62. The van der Waals surface area contributed by atoms with Crippen LogP contribution < -0.4 is 0 Å². The molecule has 0 unspecified atom stereocenters. The Kier molecular flexibility index (Phi) is 32.5. The Morgan fingerprint density at radius 3 is 1.14 bits per heavy atom. The molecule has 3 heteroatoms. The topological polar surface area (TPSA) is 25.3 Å². The number of rotatable bonds is 28. The summed E-state index contributed by atoms with van der Waals surface area (Å²) >= 11 is 0. The van der Waals surface area contributed by atoms with Gasteiger partial charge in [-0.1, -0.05) is 149 Å².